The number of rotatable bonds is 8. The van der Waals surface area contributed by atoms with E-state index in [1.807, 2.05) is 0 Å². The summed E-state index contributed by atoms with van der Waals surface area (Å²) in [5.41, 5.74) is 2.63. The number of methoxy groups -OCH3 is 1. The van der Waals surface area contributed by atoms with Crippen molar-refractivity contribution >= 4 is 14.3 Å². The molecule has 1 saturated heterocycles. The zero-order valence-corrected chi connectivity index (χ0v) is 18.6. The number of carbonyl (C=O) groups is 1. The maximum absolute atomic E-state index is 12.0. The molecule has 1 fully saturated rings. The normalized spacial score (nSPS) is 23.1. The summed E-state index contributed by atoms with van der Waals surface area (Å²) in [5, 5.41) is 0. The van der Waals surface area contributed by atoms with Crippen LogP contribution in [0, 0.1) is 0 Å². The number of hydrogen-bond acceptors (Lipinski definition) is 4. The molecule has 1 rings (SSSR count). The van der Waals surface area contributed by atoms with Crippen molar-refractivity contribution in [3.05, 3.63) is 11.6 Å². The van der Waals surface area contributed by atoms with E-state index in [-0.39, 0.29) is 24.3 Å². The molecule has 0 aromatic carbocycles. The third kappa shape index (κ3) is 5.41. The number of allylic oxidation sites excluding steroid dienone is 1. The molecule has 0 aliphatic carbocycles. The van der Waals surface area contributed by atoms with Crippen LogP contribution < -0.4 is 0 Å². The summed E-state index contributed by atoms with van der Waals surface area (Å²) in [6, 6.07) is 0. The highest BCUT2D eigenvalue weighted by molar-refractivity contribution is 6.77. The minimum absolute atomic E-state index is 0.0869. The van der Waals surface area contributed by atoms with E-state index in [0.717, 1.165) is 0 Å². The smallest absolute Gasteiger partial charge is 0.308 e. The molecule has 25 heavy (non-hydrogen) atoms. The molecule has 1 aliphatic rings. The Morgan fingerprint density at radius 3 is 2.04 bits per heavy atom. The van der Waals surface area contributed by atoms with Crippen molar-refractivity contribution in [2.75, 3.05) is 7.11 Å². The summed E-state index contributed by atoms with van der Waals surface area (Å²) in [7, 11) is -0.413. The van der Waals surface area contributed by atoms with Crippen molar-refractivity contribution in [3.63, 3.8) is 0 Å². The van der Waals surface area contributed by atoms with Gasteiger partial charge in [0.05, 0.1) is 12.5 Å². The fraction of sp³-hybridized carbons (Fsp3) is 0.850. The second-order valence-corrected chi connectivity index (χ2v) is 13.9. The summed E-state index contributed by atoms with van der Waals surface area (Å²) in [6.07, 6.45) is 2.59. The van der Waals surface area contributed by atoms with E-state index in [2.05, 4.69) is 61.5 Å². The first kappa shape index (κ1) is 22.4. The Morgan fingerprint density at radius 1 is 1.12 bits per heavy atom. The highest BCUT2D eigenvalue weighted by Gasteiger charge is 2.48. The topological polar surface area (TPSA) is 44.8 Å². The molecule has 5 heteroatoms. The van der Waals surface area contributed by atoms with Crippen LogP contribution in [-0.2, 0) is 18.7 Å². The quantitative estimate of drug-likeness (QED) is 0.333. The summed E-state index contributed by atoms with van der Waals surface area (Å²) >= 11 is 0. The molecule has 0 saturated carbocycles. The second-order valence-electron chi connectivity index (χ2n) is 8.47. The van der Waals surface area contributed by atoms with Gasteiger partial charge in [-0.2, -0.15) is 0 Å². The Kier molecular flexibility index (Phi) is 8.36. The largest absolute Gasteiger partial charge is 0.459 e. The molecule has 3 atom stereocenters. The number of cyclic esters (lactones) is 1. The van der Waals surface area contributed by atoms with Crippen molar-refractivity contribution in [1.29, 1.82) is 0 Å². The maximum Gasteiger partial charge on any atom is 0.308 e. The molecular weight excluding hydrogens is 332 g/mol. The van der Waals surface area contributed by atoms with Crippen LogP contribution in [-0.4, -0.2) is 39.7 Å². The molecule has 146 valence electrons. The molecule has 0 spiro atoms. The molecule has 0 radical (unpaired) electrons. The molecule has 0 aromatic rings. The zero-order valence-electron chi connectivity index (χ0n) is 17.6. The Balaban J connectivity index is 3.21. The molecule has 0 unspecified atom stereocenters. The van der Waals surface area contributed by atoms with Crippen LogP contribution in [0.4, 0.5) is 0 Å². The first-order valence-corrected chi connectivity index (χ1v) is 11.7. The van der Waals surface area contributed by atoms with Gasteiger partial charge in [0.2, 0.25) is 8.32 Å². The van der Waals surface area contributed by atoms with E-state index in [1.54, 1.807) is 7.11 Å². The van der Waals surface area contributed by atoms with Crippen molar-refractivity contribution in [2.24, 2.45) is 0 Å². The first-order chi connectivity index (χ1) is 11.5. The number of carbonyl (C=O) groups excluding carboxylic acids is 1. The van der Waals surface area contributed by atoms with Gasteiger partial charge in [0.1, 0.15) is 12.2 Å². The predicted octanol–water partition coefficient (Wildman–Crippen LogP) is 5.23. The van der Waals surface area contributed by atoms with Crippen LogP contribution in [0.5, 0.6) is 0 Å². The maximum atomic E-state index is 12.0. The minimum atomic E-state index is -2.07. The highest BCUT2D eigenvalue weighted by Crippen LogP contribution is 2.44. The second kappa shape index (κ2) is 9.33. The van der Waals surface area contributed by atoms with E-state index in [4.69, 9.17) is 13.9 Å². The third-order valence-corrected chi connectivity index (χ3v) is 11.5. The van der Waals surface area contributed by atoms with E-state index in [0.29, 0.717) is 29.5 Å². The SMILES string of the molecule is CO[C@H]1CC(=O)O[C@@H]([C@@H](C=C(C)C)O[Si](C(C)C)(C(C)C)C(C)C)C1. The lowest BCUT2D eigenvalue weighted by Gasteiger charge is -2.46. The summed E-state index contributed by atoms with van der Waals surface area (Å²) in [5.74, 6) is -0.190. The molecule has 1 heterocycles. The number of ether oxygens (including phenoxy) is 2. The summed E-state index contributed by atoms with van der Waals surface area (Å²) in [4.78, 5) is 12.0. The van der Waals surface area contributed by atoms with Gasteiger partial charge >= 0.3 is 5.97 Å². The lowest BCUT2D eigenvalue weighted by Crippen LogP contribution is -2.53. The molecule has 0 aromatic heterocycles. The molecule has 0 N–H and O–H groups in total. The van der Waals surface area contributed by atoms with Gasteiger partial charge in [-0.3, -0.25) is 4.79 Å². The Labute approximate surface area is 155 Å². The van der Waals surface area contributed by atoms with Crippen LogP contribution in [0.3, 0.4) is 0 Å². The minimum Gasteiger partial charge on any atom is -0.459 e. The predicted molar refractivity (Wildman–Crippen MR) is 105 cm³/mol. The fourth-order valence-electron chi connectivity index (χ4n) is 4.36. The summed E-state index contributed by atoms with van der Waals surface area (Å²) in [6.45, 7) is 17.8. The molecular formula is C20H38O4Si. The Morgan fingerprint density at radius 2 is 1.64 bits per heavy atom. The zero-order chi connectivity index (χ0) is 19.4. The van der Waals surface area contributed by atoms with Crippen LogP contribution in [0.25, 0.3) is 0 Å². The third-order valence-electron chi connectivity index (χ3n) is 5.42. The number of esters is 1. The fourth-order valence-corrected chi connectivity index (χ4v) is 9.87. The van der Waals surface area contributed by atoms with Gasteiger partial charge in [0, 0.05) is 13.5 Å². The Hall–Kier alpha value is -0.653. The average Bonchev–Trinajstić information content (AvgIpc) is 2.49. The first-order valence-electron chi connectivity index (χ1n) is 9.59. The van der Waals surface area contributed by atoms with E-state index in [9.17, 15) is 4.79 Å². The van der Waals surface area contributed by atoms with Gasteiger partial charge in [0.15, 0.2) is 0 Å². The monoisotopic (exact) mass is 370 g/mol. The van der Waals surface area contributed by atoms with E-state index >= 15 is 0 Å². The number of hydrogen-bond donors (Lipinski definition) is 0. The van der Waals surface area contributed by atoms with Gasteiger partial charge in [-0.25, -0.2) is 0 Å². The molecule has 4 nitrogen and oxygen atoms in total. The van der Waals surface area contributed by atoms with Crippen LogP contribution in [0.15, 0.2) is 11.6 Å². The van der Waals surface area contributed by atoms with Gasteiger partial charge < -0.3 is 13.9 Å². The van der Waals surface area contributed by atoms with Crippen LogP contribution >= 0.6 is 0 Å². The Bertz CT molecular complexity index is 445. The molecule has 1 aliphatic heterocycles. The van der Waals surface area contributed by atoms with E-state index < -0.39 is 8.32 Å². The standard InChI is InChI=1S/C20H38O4Si/c1-13(2)10-19(18-11-17(22-9)12-20(21)23-18)24-25(14(3)4,15(5)6)16(7)8/h10,14-19H,11-12H2,1-9H3/t17-,18-,19-/m1/s1. The lowest BCUT2D eigenvalue weighted by atomic mass is 10.00. The van der Waals surface area contributed by atoms with Crippen LogP contribution in [0.1, 0.15) is 68.2 Å². The van der Waals surface area contributed by atoms with Crippen molar-refractivity contribution < 1.29 is 18.7 Å². The van der Waals surface area contributed by atoms with Gasteiger partial charge in [-0.15, -0.1) is 0 Å². The molecule has 0 bridgehead atoms. The van der Waals surface area contributed by atoms with Crippen molar-refractivity contribution in [3.8, 4) is 0 Å². The summed E-state index contributed by atoms with van der Waals surface area (Å²) < 4.78 is 18.1. The van der Waals surface area contributed by atoms with E-state index in [1.165, 1.54) is 5.57 Å². The average molecular weight is 371 g/mol. The van der Waals surface area contributed by atoms with Gasteiger partial charge in [-0.1, -0.05) is 53.2 Å². The van der Waals surface area contributed by atoms with Gasteiger partial charge in [-0.05, 0) is 30.5 Å². The van der Waals surface area contributed by atoms with Crippen LogP contribution in [0.2, 0.25) is 16.6 Å². The molecule has 0 amide bonds. The highest BCUT2D eigenvalue weighted by atomic mass is 28.4. The van der Waals surface area contributed by atoms with Crippen molar-refractivity contribution in [2.45, 2.75) is 103 Å². The van der Waals surface area contributed by atoms with Gasteiger partial charge in [0.25, 0.3) is 0 Å². The lowest BCUT2D eigenvalue weighted by molar-refractivity contribution is -0.167. The van der Waals surface area contributed by atoms with Crippen molar-refractivity contribution in [1.82, 2.24) is 0 Å².